The molecule has 0 aliphatic carbocycles. The largest absolute Gasteiger partial charge is 0.392 e. The van der Waals surface area contributed by atoms with Gasteiger partial charge in [0.15, 0.2) is 0 Å². The maximum absolute atomic E-state index is 9.85. The summed E-state index contributed by atoms with van der Waals surface area (Å²) >= 11 is 0. The van der Waals surface area contributed by atoms with Crippen LogP contribution in [-0.2, 0) is 4.79 Å². The Morgan fingerprint density at radius 2 is 2.50 bits per heavy atom. The Morgan fingerprint density at radius 1 is 1.75 bits per heavy atom. The van der Waals surface area contributed by atoms with E-state index < -0.39 is 0 Å². The van der Waals surface area contributed by atoms with Gasteiger partial charge in [-0.25, -0.2) is 0 Å². The third kappa shape index (κ3) is 1.05. The van der Waals surface area contributed by atoms with Crippen LogP contribution < -0.4 is 5.32 Å². The predicted molar refractivity (Wildman–Crippen MR) is 28.1 cm³/mol. The van der Waals surface area contributed by atoms with Crippen molar-refractivity contribution >= 4 is 6.29 Å². The van der Waals surface area contributed by atoms with E-state index in [4.69, 9.17) is 5.11 Å². The summed E-state index contributed by atoms with van der Waals surface area (Å²) in [5.41, 5.74) is 0. The lowest BCUT2D eigenvalue weighted by Gasteiger charge is -1.93. The lowest BCUT2D eigenvalue weighted by atomic mass is 10.2. The number of rotatable bonds is 1. The van der Waals surface area contributed by atoms with Crippen LogP contribution in [-0.4, -0.2) is 30.1 Å². The molecule has 0 saturated carbocycles. The van der Waals surface area contributed by atoms with Crippen molar-refractivity contribution < 1.29 is 9.90 Å². The van der Waals surface area contributed by atoms with E-state index in [1.54, 1.807) is 6.29 Å². The van der Waals surface area contributed by atoms with Crippen LogP contribution in [0.5, 0.6) is 0 Å². The van der Waals surface area contributed by atoms with E-state index in [0.717, 1.165) is 0 Å². The Hall–Kier alpha value is -0.410. The average molecular weight is 114 g/mol. The van der Waals surface area contributed by atoms with Crippen molar-refractivity contribution in [2.24, 2.45) is 0 Å². The van der Waals surface area contributed by atoms with Gasteiger partial charge in [-0.15, -0.1) is 0 Å². The molecule has 8 heavy (non-hydrogen) atoms. The van der Waals surface area contributed by atoms with Gasteiger partial charge in [-0.1, -0.05) is 0 Å². The van der Waals surface area contributed by atoms with Crippen LogP contribution in [0.4, 0.5) is 0 Å². The third-order valence-electron chi connectivity index (χ3n) is 1.25. The first-order valence-corrected chi connectivity index (χ1v) is 2.62. The minimum absolute atomic E-state index is 0.231. The molecule has 1 aliphatic rings. The summed E-state index contributed by atoms with van der Waals surface area (Å²) in [5.74, 6) is 0. The molecule has 2 N–H and O–H groups in total. The molecule has 0 unspecified atom stereocenters. The van der Waals surface area contributed by atoms with Crippen molar-refractivity contribution in [1.82, 2.24) is 5.32 Å². The Labute approximate surface area is 47.7 Å². The van der Waals surface area contributed by atoms with Gasteiger partial charge in [0, 0.05) is 6.54 Å². The van der Waals surface area contributed by atoms with Gasteiger partial charge in [-0.3, -0.25) is 4.79 Å². The fourth-order valence-corrected chi connectivity index (χ4v) is 0.807. The highest BCUT2D eigenvalue weighted by atomic mass is 16.3. The van der Waals surface area contributed by atoms with Gasteiger partial charge in [0.1, 0.15) is 0 Å². The number of hydrogen-bond acceptors (Lipinski definition) is 3. The minimum atomic E-state index is -0.346. The minimum Gasteiger partial charge on any atom is -0.392 e. The number of hydrogen-bond donors (Lipinski definition) is 2. The maximum Gasteiger partial charge on any atom is 0.216 e. The van der Waals surface area contributed by atoms with Crippen LogP contribution in [0.15, 0.2) is 0 Å². The van der Waals surface area contributed by atoms with E-state index in [2.05, 4.69) is 5.32 Å². The standard InChI is InChI=1S/C5H8NO2/c7-3-4-1-5(8)2-6-4/h4-6,8H,1-2H2/t4-,5+/m0/s1. The Morgan fingerprint density at radius 3 is 2.75 bits per heavy atom. The molecule has 3 heteroatoms. The summed E-state index contributed by atoms with van der Waals surface area (Å²) in [7, 11) is 0. The molecule has 0 aromatic heterocycles. The van der Waals surface area contributed by atoms with E-state index in [1.165, 1.54) is 0 Å². The van der Waals surface area contributed by atoms with E-state index in [9.17, 15) is 4.79 Å². The second-order valence-electron chi connectivity index (χ2n) is 1.97. The summed E-state index contributed by atoms with van der Waals surface area (Å²) in [6, 6.07) is -0.231. The molecule has 45 valence electrons. The van der Waals surface area contributed by atoms with Crippen LogP contribution in [0.2, 0.25) is 0 Å². The fraction of sp³-hybridized carbons (Fsp3) is 0.800. The Bertz CT molecular complexity index is 94.4. The smallest absolute Gasteiger partial charge is 0.216 e. The molecule has 0 bridgehead atoms. The van der Waals surface area contributed by atoms with Gasteiger partial charge in [0.2, 0.25) is 6.29 Å². The second kappa shape index (κ2) is 2.24. The summed E-state index contributed by atoms with van der Waals surface area (Å²) in [6.45, 7) is 0.528. The zero-order valence-corrected chi connectivity index (χ0v) is 4.42. The van der Waals surface area contributed by atoms with Crippen LogP contribution in [0.1, 0.15) is 6.42 Å². The second-order valence-corrected chi connectivity index (χ2v) is 1.97. The van der Waals surface area contributed by atoms with Crippen molar-refractivity contribution in [1.29, 1.82) is 0 Å². The van der Waals surface area contributed by atoms with Crippen molar-refractivity contribution in [2.75, 3.05) is 6.54 Å². The zero-order valence-electron chi connectivity index (χ0n) is 4.42. The van der Waals surface area contributed by atoms with Gasteiger partial charge in [-0.2, -0.15) is 0 Å². The SMILES string of the molecule is O=[C][C@@H]1C[C@@H](O)CN1. The van der Waals surface area contributed by atoms with Gasteiger partial charge >= 0.3 is 0 Å². The van der Waals surface area contributed by atoms with Crippen LogP contribution in [0.3, 0.4) is 0 Å². The molecule has 1 rings (SSSR count). The summed E-state index contributed by atoms with van der Waals surface area (Å²) in [6.07, 6.45) is 1.94. The van der Waals surface area contributed by atoms with E-state index >= 15 is 0 Å². The van der Waals surface area contributed by atoms with Crippen molar-refractivity contribution in [3.05, 3.63) is 0 Å². The lowest BCUT2D eigenvalue weighted by Crippen LogP contribution is -2.22. The number of β-amino-alcohol motifs (C(OH)–C–C–N with tert-alkyl or cyclic N) is 1. The lowest BCUT2D eigenvalue weighted by molar-refractivity contribution is 0.195. The van der Waals surface area contributed by atoms with Crippen LogP contribution in [0, 0.1) is 0 Å². The molecule has 1 fully saturated rings. The molecule has 0 spiro atoms. The summed E-state index contributed by atoms with van der Waals surface area (Å²) < 4.78 is 0. The van der Waals surface area contributed by atoms with E-state index in [1.807, 2.05) is 0 Å². The molecule has 1 aliphatic heterocycles. The quantitative estimate of drug-likeness (QED) is 0.451. The van der Waals surface area contributed by atoms with Crippen LogP contribution >= 0.6 is 0 Å². The average Bonchev–Trinajstić information content (AvgIpc) is 2.14. The molecule has 0 aromatic rings. The normalized spacial score (nSPS) is 37.6. The maximum atomic E-state index is 9.85. The van der Waals surface area contributed by atoms with E-state index in [0.29, 0.717) is 13.0 Å². The molecule has 0 aromatic carbocycles. The summed E-state index contributed by atoms with van der Waals surface area (Å²) in [4.78, 5) is 9.85. The van der Waals surface area contributed by atoms with E-state index in [-0.39, 0.29) is 12.1 Å². The zero-order chi connectivity index (χ0) is 5.98. The molecule has 0 amide bonds. The highest BCUT2D eigenvalue weighted by molar-refractivity contribution is 5.59. The predicted octanol–water partition coefficient (Wildman–Crippen LogP) is -1.18. The number of nitrogens with one attached hydrogen (secondary N) is 1. The van der Waals surface area contributed by atoms with Gasteiger partial charge < -0.3 is 10.4 Å². The molecule has 1 heterocycles. The molecular weight excluding hydrogens is 106 g/mol. The highest BCUT2D eigenvalue weighted by Gasteiger charge is 2.21. The molecule has 2 atom stereocenters. The van der Waals surface area contributed by atoms with Gasteiger partial charge in [0.25, 0.3) is 0 Å². The van der Waals surface area contributed by atoms with Crippen molar-refractivity contribution in [3.8, 4) is 0 Å². The third-order valence-corrected chi connectivity index (χ3v) is 1.25. The highest BCUT2D eigenvalue weighted by Crippen LogP contribution is 2.02. The van der Waals surface area contributed by atoms with Crippen molar-refractivity contribution in [3.63, 3.8) is 0 Å². The molecular formula is C5H8NO2. The number of carbonyl (C=O) groups excluding carboxylic acids is 1. The summed E-state index contributed by atoms with van der Waals surface area (Å²) in [5, 5.41) is 11.6. The Kier molecular flexibility index (Phi) is 1.60. The molecule has 3 nitrogen and oxygen atoms in total. The molecule has 1 radical (unpaired) electrons. The first-order chi connectivity index (χ1) is 3.83. The topological polar surface area (TPSA) is 49.3 Å². The van der Waals surface area contributed by atoms with Gasteiger partial charge in [0.05, 0.1) is 12.1 Å². The number of aliphatic hydroxyl groups is 1. The fourth-order valence-electron chi connectivity index (χ4n) is 0.807. The number of aliphatic hydroxyl groups excluding tert-OH is 1. The molecule has 1 saturated heterocycles. The van der Waals surface area contributed by atoms with Crippen molar-refractivity contribution in [2.45, 2.75) is 18.6 Å². The first-order valence-electron chi connectivity index (χ1n) is 2.62. The Balaban J connectivity index is 2.32. The monoisotopic (exact) mass is 114 g/mol. The first kappa shape index (κ1) is 5.72. The van der Waals surface area contributed by atoms with Gasteiger partial charge in [-0.05, 0) is 6.42 Å². The van der Waals surface area contributed by atoms with Crippen LogP contribution in [0.25, 0.3) is 0 Å².